The van der Waals surface area contributed by atoms with E-state index in [2.05, 4.69) is 0 Å². The molecule has 1 aliphatic carbocycles. The second-order valence-corrected chi connectivity index (χ2v) is 3.46. The summed E-state index contributed by atoms with van der Waals surface area (Å²) in [5.41, 5.74) is -4.30. The zero-order valence-electron chi connectivity index (χ0n) is 7.33. The van der Waals surface area contributed by atoms with Gasteiger partial charge in [0.1, 0.15) is 5.78 Å². The molecule has 0 spiro atoms. The highest BCUT2D eigenvalue weighted by atomic mass is 19.4. The lowest BCUT2D eigenvalue weighted by atomic mass is 9.65. The first-order valence-electron chi connectivity index (χ1n) is 3.77. The fourth-order valence-electron chi connectivity index (χ4n) is 1.43. The Hall–Kier alpha value is -0.790. The van der Waals surface area contributed by atoms with Crippen molar-refractivity contribution in [1.82, 2.24) is 0 Å². The minimum absolute atomic E-state index is 0.639. The van der Waals surface area contributed by atoms with E-state index in [1.54, 1.807) is 0 Å². The van der Waals surface area contributed by atoms with Gasteiger partial charge in [-0.1, -0.05) is 0 Å². The largest absolute Gasteiger partial charge is 0.378 e. The van der Waals surface area contributed by atoms with Gasteiger partial charge in [-0.25, -0.2) is 0 Å². The molecule has 0 unspecified atom stereocenters. The van der Waals surface area contributed by atoms with E-state index >= 15 is 0 Å². The Bertz CT molecular complexity index is 293. The Morgan fingerprint density at radius 1 is 1.00 bits per heavy atom. The number of Topliss-reactive ketones (excluding diaryl/α,β-unsaturated/α-hetero) is 1. The van der Waals surface area contributed by atoms with Crippen LogP contribution in [-0.4, -0.2) is 34.3 Å². The van der Waals surface area contributed by atoms with Gasteiger partial charge in [0.05, 0.1) is 0 Å². The van der Waals surface area contributed by atoms with Crippen molar-refractivity contribution in [3.05, 3.63) is 0 Å². The highest BCUT2D eigenvalue weighted by molar-refractivity contribution is 5.77. The zero-order valence-corrected chi connectivity index (χ0v) is 7.33. The van der Waals surface area contributed by atoms with Crippen LogP contribution in [0.1, 0.15) is 13.3 Å². The highest BCUT2D eigenvalue weighted by Crippen LogP contribution is 2.67. The summed E-state index contributed by atoms with van der Waals surface area (Å²) in [4.78, 5) is 10.4. The Balaban J connectivity index is 3.16. The molecule has 1 N–H and O–H groups in total. The number of rotatable bonds is 2. The summed E-state index contributed by atoms with van der Waals surface area (Å²) in [6.45, 7) is 0.639. The fraction of sp³-hybridized carbons (Fsp3) is 0.857. The van der Waals surface area contributed by atoms with Gasteiger partial charge in [-0.3, -0.25) is 4.79 Å². The first kappa shape index (κ1) is 12.3. The van der Waals surface area contributed by atoms with Crippen LogP contribution in [0.3, 0.4) is 0 Å². The molecule has 1 rings (SSSR count). The predicted molar refractivity (Wildman–Crippen MR) is 35.1 cm³/mol. The molecule has 8 heteroatoms. The van der Waals surface area contributed by atoms with Crippen LogP contribution < -0.4 is 0 Å². The van der Waals surface area contributed by atoms with E-state index in [9.17, 15) is 31.1 Å². The van der Waals surface area contributed by atoms with Gasteiger partial charge < -0.3 is 5.11 Å². The van der Waals surface area contributed by atoms with Gasteiger partial charge in [0.25, 0.3) is 0 Å². The molecule has 88 valence electrons. The minimum Gasteiger partial charge on any atom is -0.377 e. The van der Waals surface area contributed by atoms with Gasteiger partial charge in [0, 0.05) is 6.42 Å². The Morgan fingerprint density at radius 3 is 1.60 bits per heavy atom. The van der Waals surface area contributed by atoms with Crippen molar-refractivity contribution in [1.29, 1.82) is 0 Å². The summed E-state index contributed by atoms with van der Waals surface area (Å²) in [6, 6.07) is 0. The third kappa shape index (κ3) is 1.03. The molecule has 0 radical (unpaired) electrons. The Labute approximate surface area is 79.9 Å². The van der Waals surface area contributed by atoms with Crippen molar-refractivity contribution < 1.29 is 36.2 Å². The molecule has 0 aliphatic heterocycles. The lowest BCUT2D eigenvalue weighted by Gasteiger charge is -2.55. The first-order valence-corrected chi connectivity index (χ1v) is 3.77. The van der Waals surface area contributed by atoms with Gasteiger partial charge >= 0.3 is 17.8 Å². The van der Waals surface area contributed by atoms with Gasteiger partial charge in [0.2, 0.25) is 5.60 Å². The Kier molecular flexibility index (Phi) is 2.18. The summed E-state index contributed by atoms with van der Waals surface area (Å²) in [7, 11) is 0. The lowest BCUT2D eigenvalue weighted by Crippen LogP contribution is -2.86. The summed E-state index contributed by atoms with van der Waals surface area (Å²) < 4.78 is 74.9. The van der Waals surface area contributed by atoms with Crippen LogP contribution in [0.5, 0.6) is 0 Å². The maximum Gasteiger partial charge on any atom is 0.378 e. The molecule has 0 aromatic heterocycles. The molecule has 0 aromatic carbocycles. The smallest absolute Gasteiger partial charge is 0.377 e. The molecule has 0 bridgehead atoms. The number of halogens is 6. The average molecular weight is 236 g/mol. The first-order chi connectivity index (χ1) is 6.42. The van der Waals surface area contributed by atoms with Crippen molar-refractivity contribution in [3.8, 4) is 0 Å². The normalized spacial score (nSPS) is 29.3. The van der Waals surface area contributed by atoms with Gasteiger partial charge in [-0.2, -0.15) is 26.3 Å². The number of alkyl halides is 6. The molecule has 1 fully saturated rings. The maximum atomic E-state index is 12.6. The zero-order chi connectivity index (χ0) is 12.3. The van der Waals surface area contributed by atoms with Gasteiger partial charge in [-0.05, 0) is 6.92 Å². The van der Waals surface area contributed by atoms with Crippen molar-refractivity contribution in [3.63, 3.8) is 0 Å². The van der Waals surface area contributed by atoms with Crippen LogP contribution in [0.15, 0.2) is 0 Å². The minimum atomic E-state index is -5.63. The highest BCUT2D eigenvalue weighted by Gasteiger charge is 2.98. The topological polar surface area (TPSA) is 37.3 Å². The van der Waals surface area contributed by atoms with E-state index in [1.165, 1.54) is 0 Å². The third-order valence-electron chi connectivity index (χ3n) is 2.33. The molecule has 0 aromatic rings. The van der Waals surface area contributed by atoms with E-state index < -0.39 is 35.6 Å². The second kappa shape index (κ2) is 2.66. The molecule has 0 atom stereocenters. The molecule has 0 saturated heterocycles. The molecule has 1 aliphatic rings. The number of carbonyl (C=O) groups is 1. The molecule has 0 amide bonds. The van der Waals surface area contributed by atoms with Crippen LogP contribution in [0.2, 0.25) is 0 Å². The van der Waals surface area contributed by atoms with Crippen molar-refractivity contribution in [2.45, 2.75) is 36.7 Å². The van der Waals surface area contributed by atoms with E-state index in [0.717, 1.165) is 0 Å². The molecule has 0 heterocycles. The van der Waals surface area contributed by atoms with Crippen LogP contribution >= 0.6 is 0 Å². The lowest BCUT2D eigenvalue weighted by molar-refractivity contribution is -0.489. The standard InChI is InChI=1S/C7H6F6O2/c1-3(14)2-4(15)5(8,9)7(12,13)6(4,10)11/h15H,2H2,1H3. The summed E-state index contributed by atoms with van der Waals surface area (Å²) >= 11 is 0. The number of aliphatic hydroxyl groups is 1. The van der Waals surface area contributed by atoms with E-state index in [4.69, 9.17) is 5.11 Å². The predicted octanol–water partition coefficient (Wildman–Crippen LogP) is 1.62. The molecule has 1 saturated carbocycles. The summed E-state index contributed by atoms with van der Waals surface area (Å²) in [6.07, 6.45) is -1.72. The average Bonchev–Trinajstić information content (AvgIpc) is 2.00. The van der Waals surface area contributed by atoms with E-state index in [0.29, 0.717) is 6.92 Å². The van der Waals surface area contributed by atoms with Crippen LogP contribution in [0, 0.1) is 0 Å². The number of hydrogen-bond acceptors (Lipinski definition) is 2. The SMILES string of the molecule is CC(=O)CC1(O)C(F)(F)C(F)(F)C1(F)F. The number of hydrogen-bond donors (Lipinski definition) is 1. The molecular weight excluding hydrogens is 230 g/mol. The summed E-state index contributed by atoms with van der Waals surface area (Å²) in [5, 5.41) is 8.77. The number of ketones is 1. The van der Waals surface area contributed by atoms with E-state index in [1.807, 2.05) is 0 Å². The van der Waals surface area contributed by atoms with Gasteiger partial charge in [0.15, 0.2) is 0 Å². The van der Waals surface area contributed by atoms with Gasteiger partial charge in [-0.15, -0.1) is 0 Å². The van der Waals surface area contributed by atoms with Crippen molar-refractivity contribution in [2.24, 2.45) is 0 Å². The monoisotopic (exact) mass is 236 g/mol. The molecule has 2 nitrogen and oxygen atoms in total. The summed E-state index contributed by atoms with van der Waals surface area (Å²) in [5.74, 6) is -17.5. The maximum absolute atomic E-state index is 12.6. The van der Waals surface area contributed by atoms with E-state index in [-0.39, 0.29) is 0 Å². The number of carbonyl (C=O) groups excluding carboxylic acids is 1. The van der Waals surface area contributed by atoms with Crippen LogP contribution in [-0.2, 0) is 4.79 Å². The fourth-order valence-corrected chi connectivity index (χ4v) is 1.43. The van der Waals surface area contributed by atoms with Crippen LogP contribution in [0.25, 0.3) is 0 Å². The quantitative estimate of drug-likeness (QED) is 0.739. The second-order valence-electron chi connectivity index (χ2n) is 3.46. The van der Waals surface area contributed by atoms with Crippen LogP contribution in [0.4, 0.5) is 26.3 Å². The molecular formula is C7H6F6O2. The third-order valence-corrected chi connectivity index (χ3v) is 2.33. The molecule has 15 heavy (non-hydrogen) atoms. The van der Waals surface area contributed by atoms with Crippen molar-refractivity contribution in [2.75, 3.05) is 0 Å². The Morgan fingerprint density at radius 2 is 1.33 bits per heavy atom. The van der Waals surface area contributed by atoms with Crippen molar-refractivity contribution >= 4 is 5.78 Å².